The first-order valence-corrected chi connectivity index (χ1v) is 7.14. The first kappa shape index (κ1) is 14.6. The van der Waals surface area contributed by atoms with E-state index in [0.29, 0.717) is 18.9 Å². The van der Waals surface area contributed by atoms with E-state index in [1.54, 1.807) is 0 Å². The van der Waals surface area contributed by atoms with Gasteiger partial charge in [-0.25, -0.2) is 0 Å². The van der Waals surface area contributed by atoms with Crippen LogP contribution in [0.4, 0.5) is 0 Å². The van der Waals surface area contributed by atoms with Crippen LogP contribution in [-0.4, -0.2) is 18.4 Å². The lowest BCUT2D eigenvalue weighted by atomic mass is 9.99. The van der Waals surface area contributed by atoms with Crippen LogP contribution in [0.5, 0.6) is 0 Å². The van der Waals surface area contributed by atoms with Crippen molar-refractivity contribution in [2.45, 2.75) is 39.2 Å². The summed E-state index contributed by atoms with van der Waals surface area (Å²) in [6.45, 7) is 6.73. The van der Waals surface area contributed by atoms with Crippen molar-refractivity contribution < 1.29 is 9.59 Å². The zero-order valence-electron chi connectivity index (χ0n) is 12.3. The lowest BCUT2D eigenvalue weighted by Crippen LogP contribution is -2.33. The lowest BCUT2D eigenvalue weighted by Gasteiger charge is -2.17. The molecule has 1 aromatic rings. The van der Waals surface area contributed by atoms with Gasteiger partial charge in [0.25, 0.3) is 0 Å². The molecule has 2 atom stereocenters. The Labute approximate surface area is 119 Å². The molecule has 0 saturated carbocycles. The molecule has 20 heavy (non-hydrogen) atoms. The van der Waals surface area contributed by atoms with Crippen molar-refractivity contribution in [2.75, 3.05) is 6.54 Å². The molecular formula is C16H22N2O2. The van der Waals surface area contributed by atoms with Crippen LogP contribution in [0.3, 0.4) is 0 Å². The molecule has 4 heteroatoms. The molecule has 2 N–H and O–H groups in total. The number of rotatable bonds is 4. The van der Waals surface area contributed by atoms with Crippen molar-refractivity contribution in [3.63, 3.8) is 0 Å². The Kier molecular flexibility index (Phi) is 4.42. The van der Waals surface area contributed by atoms with Crippen LogP contribution in [0.25, 0.3) is 0 Å². The Balaban J connectivity index is 1.95. The van der Waals surface area contributed by atoms with Crippen molar-refractivity contribution in [1.82, 2.24) is 10.6 Å². The minimum Gasteiger partial charge on any atom is -0.355 e. The van der Waals surface area contributed by atoms with E-state index >= 15 is 0 Å². The maximum atomic E-state index is 12.0. The standard InChI is InChI=1S/C16H22N2O2/c1-10(2)12-4-6-13(7-5-12)11(3)18-16(20)14-8-15(19)17-9-14/h4-7,10-11,14H,8-9H2,1-3H3,(H,17,19)(H,18,20). The molecule has 0 bridgehead atoms. The van der Waals surface area contributed by atoms with E-state index in [1.165, 1.54) is 5.56 Å². The molecule has 2 amide bonds. The fraction of sp³-hybridized carbons (Fsp3) is 0.500. The molecular weight excluding hydrogens is 252 g/mol. The number of carbonyl (C=O) groups excluding carboxylic acids is 2. The van der Waals surface area contributed by atoms with Gasteiger partial charge in [0.15, 0.2) is 0 Å². The first-order valence-electron chi connectivity index (χ1n) is 7.14. The molecule has 108 valence electrons. The fourth-order valence-corrected chi connectivity index (χ4v) is 2.37. The van der Waals surface area contributed by atoms with Crippen molar-refractivity contribution in [3.05, 3.63) is 35.4 Å². The normalized spacial score (nSPS) is 19.8. The molecule has 0 spiro atoms. The predicted molar refractivity (Wildman–Crippen MR) is 78.2 cm³/mol. The van der Waals surface area contributed by atoms with E-state index in [-0.39, 0.29) is 23.8 Å². The lowest BCUT2D eigenvalue weighted by molar-refractivity contribution is -0.127. The Morgan fingerprint density at radius 2 is 1.80 bits per heavy atom. The van der Waals surface area contributed by atoms with Gasteiger partial charge in [-0.1, -0.05) is 38.1 Å². The third-order valence-electron chi connectivity index (χ3n) is 3.81. The SMILES string of the molecule is CC(C)c1ccc(C(C)NC(=O)C2CNC(=O)C2)cc1. The number of benzene rings is 1. The summed E-state index contributed by atoms with van der Waals surface area (Å²) >= 11 is 0. The second kappa shape index (κ2) is 6.07. The first-order chi connectivity index (χ1) is 9.47. The maximum absolute atomic E-state index is 12.0. The third-order valence-corrected chi connectivity index (χ3v) is 3.81. The molecule has 0 aromatic heterocycles. The molecule has 1 aromatic carbocycles. The summed E-state index contributed by atoms with van der Waals surface area (Å²) < 4.78 is 0. The van der Waals surface area contributed by atoms with Crippen LogP contribution < -0.4 is 10.6 Å². The van der Waals surface area contributed by atoms with Crippen LogP contribution in [0.1, 0.15) is 50.3 Å². The summed E-state index contributed by atoms with van der Waals surface area (Å²) in [5.74, 6) is 0.173. The average Bonchev–Trinajstić information content (AvgIpc) is 2.85. The van der Waals surface area contributed by atoms with E-state index in [1.807, 2.05) is 6.92 Å². The van der Waals surface area contributed by atoms with Crippen molar-refractivity contribution >= 4 is 11.8 Å². The third kappa shape index (κ3) is 3.38. The zero-order chi connectivity index (χ0) is 14.7. The van der Waals surface area contributed by atoms with Gasteiger partial charge >= 0.3 is 0 Å². The quantitative estimate of drug-likeness (QED) is 0.883. The highest BCUT2D eigenvalue weighted by Gasteiger charge is 2.28. The van der Waals surface area contributed by atoms with Gasteiger partial charge < -0.3 is 10.6 Å². The highest BCUT2D eigenvalue weighted by molar-refractivity contribution is 5.89. The second-order valence-corrected chi connectivity index (χ2v) is 5.76. The topological polar surface area (TPSA) is 58.2 Å². The van der Waals surface area contributed by atoms with Crippen LogP contribution in [-0.2, 0) is 9.59 Å². The molecule has 1 saturated heterocycles. The summed E-state index contributed by atoms with van der Waals surface area (Å²) in [6.07, 6.45) is 0.296. The minimum atomic E-state index is -0.236. The fourth-order valence-electron chi connectivity index (χ4n) is 2.37. The number of hydrogen-bond acceptors (Lipinski definition) is 2. The summed E-state index contributed by atoms with van der Waals surface area (Å²) in [7, 11) is 0. The molecule has 0 radical (unpaired) electrons. The largest absolute Gasteiger partial charge is 0.355 e. The van der Waals surface area contributed by atoms with Gasteiger partial charge in [-0.15, -0.1) is 0 Å². The highest BCUT2D eigenvalue weighted by Crippen LogP contribution is 2.19. The maximum Gasteiger partial charge on any atom is 0.225 e. The average molecular weight is 274 g/mol. The van der Waals surface area contributed by atoms with Crippen molar-refractivity contribution in [1.29, 1.82) is 0 Å². The van der Waals surface area contributed by atoms with E-state index < -0.39 is 0 Å². The van der Waals surface area contributed by atoms with Gasteiger partial charge in [-0.05, 0) is 24.0 Å². The van der Waals surface area contributed by atoms with Gasteiger partial charge in [0.1, 0.15) is 0 Å². The Hall–Kier alpha value is -1.84. The smallest absolute Gasteiger partial charge is 0.225 e. The Morgan fingerprint density at radius 3 is 2.30 bits per heavy atom. The molecule has 1 aliphatic heterocycles. The highest BCUT2D eigenvalue weighted by atomic mass is 16.2. The molecule has 2 unspecified atom stereocenters. The van der Waals surface area contributed by atoms with E-state index in [0.717, 1.165) is 5.56 Å². The Morgan fingerprint density at radius 1 is 1.20 bits per heavy atom. The minimum absolute atomic E-state index is 0.0422. The second-order valence-electron chi connectivity index (χ2n) is 5.76. The summed E-state index contributed by atoms with van der Waals surface area (Å²) in [4.78, 5) is 23.2. The van der Waals surface area contributed by atoms with Crippen molar-refractivity contribution in [3.8, 4) is 0 Å². The molecule has 1 heterocycles. The number of amides is 2. The zero-order valence-corrected chi connectivity index (χ0v) is 12.3. The molecule has 1 aliphatic rings. The van der Waals surface area contributed by atoms with E-state index in [2.05, 4.69) is 48.7 Å². The number of hydrogen-bond donors (Lipinski definition) is 2. The van der Waals surface area contributed by atoms with E-state index in [9.17, 15) is 9.59 Å². The Bertz CT molecular complexity index is 494. The van der Waals surface area contributed by atoms with Crippen LogP contribution >= 0.6 is 0 Å². The molecule has 0 aliphatic carbocycles. The van der Waals surface area contributed by atoms with Crippen LogP contribution in [0.2, 0.25) is 0 Å². The van der Waals surface area contributed by atoms with Gasteiger partial charge in [0, 0.05) is 13.0 Å². The van der Waals surface area contributed by atoms with Gasteiger partial charge in [-0.3, -0.25) is 9.59 Å². The number of carbonyl (C=O) groups is 2. The summed E-state index contributed by atoms with van der Waals surface area (Å²) in [6, 6.07) is 8.27. The molecule has 1 fully saturated rings. The predicted octanol–water partition coefficient (Wildman–Crippen LogP) is 2.12. The monoisotopic (exact) mass is 274 g/mol. The van der Waals surface area contributed by atoms with Crippen LogP contribution in [0, 0.1) is 5.92 Å². The van der Waals surface area contributed by atoms with Crippen LogP contribution in [0.15, 0.2) is 24.3 Å². The van der Waals surface area contributed by atoms with Gasteiger partial charge in [0.05, 0.1) is 12.0 Å². The summed E-state index contributed by atoms with van der Waals surface area (Å²) in [5, 5.41) is 5.66. The van der Waals surface area contributed by atoms with Gasteiger partial charge in [-0.2, -0.15) is 0 Å². The van der Waals surface area contributed by atoms with Gasteiger partial charge in [0.2, 0.25) is 11.8 Å². The molecule has 2 rings (SSSR count). The summed E-state index contributed by atoms with van der Waals surface area (Å²) in [5.41, 5.74) is 2.37. The molecule has 4 nitrogen and oxygen atoms in total. The number of nitrogens with one attached hydrogen (secondary N) is 2. The van der Waals surface area contributed by atoms with E-state index in [4.69, 9.17) is 0 Å². The van der Waals surface area contributed by atoms with Crippen molar-refractivity contribution in [2.24, 2.45) is 5.92 Å².